The number of ether oxygens (including phenoxy) is 2. The molecule has 1 amide bonds. The Kier molecular flexibility index (Phi) is 6.27. The first-order valence-corrected chi connectivity index (χ1v) is 8.12. The molecule has 0 aliphatic rings. The van der Waals surface area contributed by atoms with Crippen LogP contribution in [0.5, 0.6) is 11.5 Å². The lowest BCUT2D eigenvalue weighted by Gasteiger charge is -2.13. The van der Waals surface area contributed by atoms with Gasteiger partial charge in [-0.1, -0.05) is 12.1 Å². The van der Waals surface area contributed by atoms with Crippen LogP contribution in [0.25, 0.3) is 0 Å². The van der Waals surface area contributed by atoms with Gasteiger partial charge in [-0.2, -0.15) is 0 Å². The van der Waals surface area contributed by atoms with Gasteiger partial charge in [0.2, 0.25) is 11.9 Å². The molecule has 0 saturated heterocycles. The van der Waals surface area contributed by atoms with E-state index < -0.39 is 0 Å². The van der Waals surface area contributed by atoms with Crippen molar-refractivity contribution in [3.05, 3.63) is 35.7 Å². The van der Waals surface area contributed by atoms with Gasteiger partial charge < -0.3 is 24.3 Å². The second-order valence-electron chi connectivity index (χ2n) is 5.93. The molecule has 0 saturated carbocycles. The van der Waals surface area contributed by atoms with Crippen molar-refractivity contribution in [3.63, 3.8) is 0 Å². The number of benzene rings is 1. The largest absolute Gasteiger partial charge is 0.493 e. The fourth-order valence-electron chi connectivity index (χ4n) is 2.69. The number of rotatable bonds is 8. The van der Waals surface area contributed by atoms with Crippen LogP contribution in [0, 0.1) is 0 Å². The van der Waals surface area contributed by atoms with Gasteiger partial charge >= 0.3 is 0 Å². The van der Waals surface area contributed by atoms with E-state index in [1.165, 1.54) is 0 Å². The third kappa shape index (κ3) is 4.43. The van der Waals surface area contributed by atoms with Crippen molar-refractivity contribution in [1.82, 2.24) is 14.9 Å². The van der Waals surface area contributed by atoms with Gasteiger partial charge in [0.25, 0.3) is 0 Å². The third-order valence-corrected chi connectivity index (χ3v) is 4.03. The lowest BCUT2D eigenvalue weighted by Crippen LogP contribution is -2.24. The fraction of sp³-hybridized carbons (Fsp3) is 0.444. The number of aromatic nitrogens is 2. The first-order valence-electron chi connectivity index (χ1n) is 8.12. The van der Waals surface area contributed by atoms with E-state index in [9.17, 15) is 4.79 Å². The van der Waals surface area contributed by atoms with Gasteiger partial charge in [0, 0.05) is 27.6 Å². The number of aryl methyl sites for hydroxylation is 1. The summed E-state index contributed by atoms with van der Waals surface area (Å²) in [4.78, 5) is 18.4. The Hall–Kier alpha value is -2.70. The summed E-state index contributed by atoms with van der Waals surface area (Å²) in [7, 11) is 9.01. The molecule has 0 fully saturated rings. The van der Waals surface area contributed by atoms with Gasteiger partial charge in [0.15, 0.2) is 11.5 Å². The molecule has 1 aromatic carbocycles. The number of carbonyl (C=O) groups excluding carboxylic acids is 1. The Bertz CT molecular complexity index is 725. The van der Waals surface area contributed by atoms with Gasteiger partial charge in [0.05, 0.1) is 32.7 Å². The zero-order valence-electron chi connectivity index (χ0n) is 15.5. The summed E-state index contributed by atoms with van der Waals surface area (Å²) in [6, 6.07) is 5.68. The average molecular weight is 346 g/mol. The van der Waals surface area contributed by atoms with E-state index in [1.54, 1.807) is 20.4 Å². The average Bonchev–Trinajstić information content (AvgIpc) is 2.98. The van der Waals surface area contributed by atoms with Crippen molar-refractivity contribution in [2.24, 2.45) is 7.05 Å². The topological polar surface area (TPSA) is 68.6 Å². The molecule has 0 unspecified atom stereocenters. The van der Waals surface area contributed by atoms with E-state index in [1.807, 2.05) is 48.8 Å². The molecule has 0 aliphatic heterocycles. The second kappa shape index (κ2) is 8.41. The Labute approximate surface area is 148 Å². The molecule has 0 aliphatic carbocycles. The van der Waals surface area contributed by atoms with Crippen LogP contribution in [0.4, 0.5) is 5.95 Å². The Morgan fingerprint density at radius 1 is 1.28 bits per heavy atom. The highest BCUT2D eigenvalue weighted by Gasteiger charge is 2.12. The molecular weight excluding hydrogens is 320 g/mol. The lowest BCUT2D eigenvalue weighted by atomic mass is 10.1. The minimum atomic E-state index is -0.0162. The monoisotopic (exact) mass is 346 g/mol. The predicted molar refractivity (Wildman–Crippen MR) is 97.2 cm³/mol. The van der Waals surface area contributed by atoms with Crippen LogP contribution in [-0.2, 0) is 24.8 Å². The number of anilines is 1. The van der Waals surface area contributed by atoms with Crippen molar-refractivity contribution >= 4 is 11.9 Å². The molecule has 2 aromatic rings. The summed E-state index contributed by atoms with van der Waals surface area (Å²) in [5.74, 6) is 2.19. The van der Waals surface area contributed by atoms with E-state index in [0.717, 1.165) is 17.2 Å². The molecule has 1 heterocycles. The maximum atomic E-state index is 12.2. The van der Waals surface area contributed by atoms with Crippen molar-refractivity contribution < 1.29 is 14.3 Å². The van der Waals surface area contributed by atoms with Gasteiger partial charge in [-0.05, 0) is 18.1 Å². The highest BCUT2D eigenvalue weighted by atomic mass is 16.5. The predicted octanol–water partition coefficient (Wildman–Crippen LogP) is 1.75. The van der Waals surface area contributed by atoms with Crippen LogP contribution in [0.3, 0.4) is 0 Å². The molecule has 7 nitrogen and oxygen atoms in total. The number of hydrogen-bond acceptors (Lipinski definition) is 5. The molecule has 1 aromatic heterocycles. The quantitative estimate of drug-likeness (QED) is 0.789. The van der Waals surface area contributed by atoms with Crippen molar-refractivity contribution in [1.29, 1.82) is 0 Å². The van der Waals surface area contributed by atoms with Crippen molar-refractivity contribution in [2.45, 2.75) is 19.4 Å². The molecule has 1 N–H and O–H groups in total. The third-order valence-electron chi connectivity index (χ3n) is 4.03. The maximum absolute atomic E-state index is 12.2. The summed E-state index contributed by atoms with van der Waals surface area (Å²) in [6.45, 7) is 0.450. The van der Waals surface area contributed by atoms with E-state index >= 15 is 0 Å². The number of para-hydroxylation sites is 1. The van der Waals surface area contributed by atoms with Crippen molar-refractivity contribution in [2.75, 3.05) is 33.2 Å². The van der Waals surface area contributed by atoms with E-state index in [0.29, 0.717) is 30.9 Å². The van der Waals surface area contributed by atoms with Gasteiger partial charge in [-0.15, -0.1) is 0 Å². The second-order valence-corrected chi connectivity index (χ2v) is 5.93. The van der Waals surface area contributed by atoms with Gasteiger partial charge in [0.1, 0.15) is 0 Å². The van der Waals surface area contributed by atoms with E-state index in [2.05, 4.69) is 10.3 Å². The number of hydrogen-bond donors (Lipinski definition) is 1. The van der Waals surface area contributed by atoms with Gasteiger partial charge in [-0.25, -0.2) is 4.98 Å². The summed E-state index contributed by atoms with van der Waals surface area (Å²) in [6.07, 6.45) is 2.74. The molecule has 136 valence electrons. The molecule has 0 bridgehead atoms. The van der Waals surface area contributed by atoms with Gasteiger partial charge in [-0.3, -0.25) is 4.79 Å². The number of nitrogens with zero attached hydrogens (tertiary/aromatic N) is 3. The van der Waals surface area contributed by atoms with Crippen LogP contribution >= 0.6 is 0 Å². The minimum absolute atomic E-state index is 0.0162. The van der Waals surface area contributed by atoms with Crippen LogP contribution < -0.4 is 19.7 Å². The smallest absolute Gasteiger partial charge is 0.220 e. The Morgan fingerprint density at radius 2 is 2.04 bits per heavy atom. The Balaban J connectivity index is 1.92. The van der Waals surface area contributed by atoms with E-state index in [4.69, 9.17) is 9.47 Å². The highest BCUT2D eigenvalue weighted by Crippen LogP contribution is 2.31. The lowest BCUT2D eigenvalue weighted by molar-refractivity contribution is -0.121. The molecule has 0 radical (unpaired) electrons. The molecular formula is C18H26N4O3. The first-order chi connectivity index (χ1) is 12.0. The number of methoxy groups -OCH3 is 2. The zero-order chi connectivity index (χ0) is 18.4. The standard InChI is InChI=1S/C18H26N4O3/c1-21(2)18-20-12-14(22(18)3)11-19-16(23)10-9-13-7-6-8-15(24-4)17(13)25-5/h6-8,12H,9-11H2,1-5H3,(H,19,23). The first kappa shape index (κ1) is 18.6. The summed E-state index contributed by atoms with van der Waals surface area (Å²) >= 11 is 0. The van der Waals surface area contributed by atoms with Crippen molar-refractivity contribution in [3.8, 4) is 11.5 Å². The SMILES string of the molecule is COc1cccc(CCC(=O)NCc2cnc(N(C)C)n2C)c1OC. The van der Waals surface area contributed by atoms with Crippen LogP contribution in [0.2, 0.25) is 0 Å². The molecule has 0 spiro atoms. The maximum Gasteiger partial charge on any atom is 0.220 e. The fourth-order valence-corrected chi connectivity index (χ4v) is 2.69. The normalized spacial score (nSPS) is 10.4. The van der Waals surface area contributed by atoms with Crippen LogP contribution in [0.1, 0.15) is 17.7 Å². The number of imidazole rings is 1. The number of carbonyl (C=O) groups is 1. The summed E-state index contributed by atoms with van der Waals surface area (Å²) in [5, 5.41) is 2.94. The molecule has 7 heteroatoms. The molecule has 0 atom stereocenters. The van der Waals surface area contributed by atoms with Crippen LogP contribution in [0.15, 0.2) is 24.4 Å². The van der Waals surface area contributed by atoms with E-state index in [-0.39, 0.29) is 5.91 Å². The highest BCUT2D eigenvalue weighted by molar-refractivity contribution is 5.76. The minimum Gasteiger partial charge on any atom is -0.493 e. The zero-order valence-corrected chi connectivity index (χ0v) is 15.5. The Morgan fingerprint density at radius 3 is 2.64 bits per heavy atom. The summed E-state index contributed by atoms with van der Waals surface area (Å²) < 4.78 is 12.6. The van der Waals surface area contributed by atoms with Crippen LogP contribution in [-0.4, -0.2) is 43.8 Å². The molecule has 2 rings (SSSR count). The number of amides is 1. The molecule has 25 heavy (non-hydrogen) atoms. The number of nitrogens with one attached hydrogen (secondary N) is 1. The summed E-state index contributed by atoms with van der Waals surface area (Å²) in [5.41, 5.74) is 1.91.